The first kappa shape index (κ1) is 15.9. The summed E-state index contributed by atoms with van der Waals surface area (Å²) in [6.45, 7) is 3.33. The third-order valence-corrected chi connectivity index (χ3v) is 3.82. The Morgan fingerprint density at radius 2 is 1.71 bits per heavy atom. The molecule has 0 unspecified atom stereocenters. The molecule has 3 heteroatoms. The normalized spacial score (nSPS) is 10.4. The van der Waals surface area contributed by atoms with Crippen molar-refractivity contribution in [2.75, 3.05) is 13.2 Å². The Morgan fingerprint density at radius 1 is 0.905 bits per heavy atom. The summed E-state index contributed by atoms with van der Waals surface area (Å²) >= 11 is 3.46. The summed E-state index contributed by atoms with van der Waals surface area (Å²) in [5.41, 5.74) is 2.54. The van der Waals surface area contributed by atoms with Crippen molar-refractivity contribution in [1.82, 2.24) is 0 Å². The van der Waals surface area contributed by atoms with E-state index in [1.165, 1.54) is 11.1 Å². The number of benzene rings is 2. The SMILES string of the molecule is CCOc1cc(CBr)ccc1OCCCc1ccccc1. The van der Waals surface area contributed by atoms with E-state index in [-0.39, 0.29) is 0 Å². The number of alkyl halides is 1. The van der Waals surface area contributed by atoms with Gasteiger partial charge in [0.25, 0.3) is 0 Å². The van der Waals surface area contributed by atoms with E-state index in [2.05, 4.69) is 46.3 Å². The largest absolute Gasteiger partial charge is 0.490 e. The Hall–Kier alpha value is -1.48. The molecular weight excluding hydrogens is 328 g/mol. The number of aryl methyl sites for hydroxylation is 1. The minimum absolute atomic E-state index is 0.645. The molecule has 0 amide bonds. The van der Waals surface area contributed by atoms with Crippen LogP contribution in [0.3, 0.4) is 0 Å². The lowest BCUT2D eigenvalue weighted by atomic mass is 10.1. The van der Waals surface area contributed by atoms with E-state index in [0.717, 1.165) is 29.7 Å². The quantitative estimate of drug-likeness (QED) is 0.494. The van der Waals surface area contributed by atoms with Gasteiger partial charge in [-0.3, -0.25) is 0 Å². The molecule has 0 spiro atoms. The minimum Gasteiger partial charge on any atom is -0.490 e. The van der Waals surface area contributed by atoms with Crippen molar-refractivity contribution in [3.8, 4) is 11.5 Å². The second-order valence-corrected chi connectivity index (χ2v) is 5.35. The molecule has 0 radical (unpaired) electrons. The van der Waals surface area contributed by atoms with Gasteiger partial charge in [-0.15, -0.1) is 0 Å². The van der Waals surface area contributed by atoms with Crippen LogP contribution in [0.15, 0.2) is 48.5 Å². The third-order valence-electron chi connectivity index (χ3n) is 3.17. The fourth-order valence-electron chi connectivity index (χ4n) is 2.13. The highest BCUT2D eigenvalue weighted by molar-refractivity contribution is 9.08. The van der Waals surface area contributed by atoms with Gasteiger partial charge in [-0.1, -0.05) is 52.3 Å². The average Bonchev–Trinajstić information content (AvgIpc) is 2.54. The lowest BCUT2D eigenvalue weighted by Crippen LogP contribution is -2.02. The fourth-order valence-corrected chi connectivity index (χ4v) is 2.48. The van der Waals surface area contributed by atoms with Crippen LogP contribution in [0.4, 0.5) is 0 Å². The number of halogens is 1. The van der Waals surface area contributed by atoms with Crippen LogP contribution in [0.5, 0.6) is 11.5 Å². The van der Waals surface area contributed by atoms with E-state index in [0.29, 0.717) is 13.2 Å². The molecule has 0 heterocycles. The van der Waals surface area contributed by atoms with E-state index in [1.807, 2.05) is 25.1 Å². The van der Waals surface area contributed by atoms with Crippen molar-refractivity contribution >= 4 is 15.9 Å². The van der Waals surface area contributed by atoms with Crippen LogP contribution in [-0.4, -0.2) is 13.2 Å². The van der Waals surface area contributed by atoms with Crippen molar-refractivity contribution in [3.05, 3.63) is 59.7 Å². The van der Waals surface area contributed by atoms with Gasteiger partial charge in [0, 0.05) is 5.33 Å². The molecule has 2 nitrogen and oxygen atoms in total. The highest BCUT2D eigenvalue weighted by Gasteiger charge is 2.06. The highest BCUT2D eigenvalue weighted by atomic mass is 79.9. The molecule has 0 aliphatic carbocycles. The molecule has 0 saturated heterocycles. The Balaban J connectivity index is 1.87. The third kappa shape index (κ3) is 5.09. The molecule has 2 aromatic carbocycles. The number of rotatable bonds is 8. The molecule has 0 saturated carbocycles. The smallest absolute Gasteiger partial charge is 0.161 e. The zero-order chi connectivity index (χ0) is 14.9. The van der Waals surface area contributed by atoms with Crippen LogP contribution in [-0.2, 0) is 11.8 Å². The van der Waals surface area contributed by atoms with Crippen LogP contribution in [0.1, 0.15) is 24.5 Å². The maximum absolute atomic E-state index is 5.87. The van der Waals surface area contributed by atoms with Gasteiger partial charge in [0.2, 0.25) is 0 Å². The van der Waals surface area contributed by atoms with Crippen molar-refractivity contribution in [1.29, 1.82) is 0 Å². The summed E-state index contributed by atoms with van der Waals surface area (Å²) in [5, 5.41) is 0.821. The van der Waals surface area contributed by atoms with E-state index in [4.69, 9.17) is 9.47 Å². The number of ether oxygens (including phenoxy) is 2. The molecule has 2 aromatic rings. The second-order valence-electron chi connectivity index (χ2n) is 4.79. The van der Waals surface area contributed by atoms with Crippen LogP contribution in [0.2, 0.25) is 0 Å². The van der Waals surface area contributed by atoms with Crippen molar-refractivity contribution in [2.45, 2.75) is 25.1 Å². The molecule has 112 valence electrons. The van der Waals surface area contributed by atoms with Crippen LogP contribution < -0.4 is 9.47 Å². The molecular formula is C18H21BrO2. The van der Waals surface area contributed by atoms with Gasteiger partial charge in [0.05, 0.1) is 13.2 Å². The fraction of sp³-hybridized carbons (Fsp3) is 0.333. The maximum atomic E-state index is 5.87. The molecule has 0 atom stereocenters. The number of hydrogen-bond acceptors (Lipinski definition) is 2. The number of hydrogen-bond donors (Lipinski definition) is 0. The first-order valence-corrected chi connectivity index (χ1v) is 8.44. The molecule has 0 N–H and O–H groups in total. The molecule has 21 heavy (non-hydrogen) atoms. The molecule has 0 fully saturated rings. The first-order valence-electron chi connectivity index (χ1n) is 7.32. The van der Waals surface area contributed by atoms with Gasteiger partial charge in [-0.2, -0.15) is 0 Å². The Labute approximate surface area is 135 Å². The molecule has 2 rings (SSSR count). The van der Waals surface area contributed by atoms with Crippen molar-refractivity contribution in [3.63, 3.8) is 0 Å². The first-order chi connectivity index (χ1) is 10.3. The molecule has 0 aromatic heterocycles. The van der Waals surface area contributed by atoms with Gasteiger partial charge in [-0.05, 0) is 43.0 Å². The second kappa shape index (κ2) is 8.73. The van der Waals surface area contributed by atoms with Gasteiger partial charge >= 0.3 is 0 Å². The Morgan fingerprint density at radius 3 is 2.43 bits per heavy atom. The molecule has 0 aliphatic rings. The minimum atomic E-state index is 0.645. The topological polar surface area (TPSA) is 18.5 Å². The lowest BCUT2D eigenvalue weighted by molar-refractivity contribution is 0.273. The van der Waals surface area contributed by atoms with Gasteiger partial charge in [-0.25, -0.2) is 0 Å². The highest BCUT2D eigenvalue weighted by Crippen LogP contribution is 2.29. The van der Waals surface area contributed by atoms with E-state index >= 15 is 0 Å². The monoisotopic (exact) mass is 348 g/mol. The molecule has 0 aliphatic heterocycles. The summed E-state index contributed by atoms with van der Waals surface area (Å²) in [6.07, 6.45) is 2.03. The lowest BCUT2D eigenvalue weighted by Gasteiger charge is -2.13. The predicted molar refractivity (Wildman–Crippen MR) is 90.5 cm³/mol. The summed E-state index contributed by atoms with van der Waals surface area (Å²) in [7, 11) is 0. The predicted octanol–water partition coefficient (Wildman–Crippen LogP) is 4.99. The summed E-state index contributed by atoms with van der Waals surface area (Å²) in [5.74, 6) is 1.66. The van der Waals surface area contributed by atoms with E-state index in [1.54, 1.807) is 0 Å². The standard InChI is InChI=1S/C18H21BrO2/c1-2-20-18-13-16(14-19)10-11-17(18)21-12-6-9-15-7-4-3-5-8-15/h3-5,7-8,10-11,13H,2,6,9,12,14H2,1H3. The zero-order valence-electron chi connectivity index (χ0n) is 12.3. The van der Waals surface area contributed by atoms with Crippen LogP contribution in [0, 0.1) is 0 Å². The summed E-state index contributed by atoms with van der Waals surface area (Å²) < 4.78 is 11.5. The molecule has 0 bridgehead atoms. The summed E-state index contributed by atoms with van der Waals surface area (Å²) in [6, 6.07) is 16.6. The van der Waals surface area contributed by atoms with Crippen molar-refractivity contribution < 1.29 is 9.47 Å². The Bertz CT molecular complexity index is 540. The maximum Gasteiger partial charge on any atom is 0.161 e. The van der Waals surface area contributed by atoms with Gasteiger partial charge < -0.3 is 9.47 Å². The van der Waals surface area contributed by atoms with Gasteiger partial charge in [0.15, 0.2) is 11.5 Å². The van der Waals surface area contributed by atoms with E-state index < -0.39 is 0 Å². The van der Waals surface area contributed by atoms with Crippen LogP contribution in [0.25, 0.3) is 0 Å². The van der Waals surface area contributed by atoms with Gasteiger partial charge in [0.1, 0.15) is 0 Å². The zero-order valence-corrected chi connectivity index (χ0v) is 13.9. The average molecular weight is 349 g/mol. The Kier molecular flexibility index (Phi) is 6.61. The summed E-state index contributed by atoms with van der Waals surface area (Å²) in [4.78, 5) is 0. The van der Waals surface area contributed by atoms with E-state index in [9.17, 15) is 0 Å². The van der Waals surface area contributed by atoms with Crippen LogP contribution >= 0.6 is 15.9 Å². The van der Waals surface area contributed by atoms with Crippen molar-refractivity contribution in [2.24, 2.45) is 0 Å².